The number of carbonyl (C=O) groups is 2. The van der Waals surface area contributed by atoms with Crippen LogP contribution in [0, 0.1) is 12.8 Å². The van der Waals surface area contributed by atoms with Gasteiger partial charge in [-0.15, -0.1) is 0 Å². The van der Waals surface area contributed by atoms with Crippen LogP contribution in [0.2, 0.25) is 0 Å². The van der Waals surface area contributed by atoms with Crippen molar-refractivity contribution >= 4 is 11.8 Å². The highest BCUT2D eigenvalue weighted by atomic mass is 16.2. The van der Waals surface area contributed by atoms with E-state index in [0.29, 0.717) is 24.3 Å². The van der Waals surface area contributed by atoms with Gasteiger partial charge in [-0.3, -0.25) is 9.59 Å². The number of para-hydroxylation sites is 1. The van der Waals surface area contributed by atoms with E-state index in [9.17, 15) is 9.59 Å². The molecule has 3 aromatic rings. The first-order valence-corrected chi connectivity index (χ1v) is 11.5. The molecule has 5 rings (SSSR count). The van der Waals surface area contributed by atoms with Crippen LogP contribution < -0.4 is 0 Å². The first-order chi connectivity index (χ1) is 15.6. The third kappa shape index (κ3) is 3.72. The SMILES string of the molecule is Cc1nn(-c2ccccc2)c(-n2cccc2)c1C(=O)N1CCC(C(=O)N2CCCC2)CC1. The van der Waals surface area contributed by atoms with E-state index in [2.05, 4.69) is 0 Å². The smallest absolute Gasteiger partial charge is 0.259 e. The number of nitrogens with zero attached hydrogens (tertiary/aromatic N) is 5. The minimum atomic E-state index is -0.0135. The minimum absolute atomic E-state index is 0.0135. The summed E-state index contributed by atoms with van der Waals surface area (Å²) in [5.41, 5.74) is 2.24. The highest BCUT2D eigenvalue weighted by Crippen LogP contribution is 2.28. The van der Waals surface area contributed by atoms with Crippen molar-refractivity contribution in [3.63, 3.8) is 0 Å². The Bertz CT molecular complexity index is 1090. The van der Waals surface area contributed by atoms with Gasteiger partial charge in [0.15, 0.2) is 5.82 Å². The van der Waals surface area contributed by atoms with E-state index >= 15 is 0 Å². The summed E-state index contributed by atoms with van der Waals surface area (Å²) in [6.07, 6.45) is 7.55. The number of carbonyl (C=O) groups excluding carboxylic acids is 2. The molecule has 0 atom stereocenters. The molecule has 2 aliphatic rings. The summed E-state index contributed by atoms with van der Waals surface area (Å²) in [5.74, 6) is 1.05. The predicted octanol–water partition coefficient (Wildman–Crippen LogP) is 3.45. The molecule has 2 fully saturated rings. The molecule has 2 aromatic heterocycles. The van der Waals surface area contributed by atoms with Crippen molar-refractivity contribution in [2.24, 2.45) is 5.92 Å². The lowest BCUT2D eigenvalue weighted by Crippen LogP contribution is -2.44. The van der Waals surface area contributed by atoms with Crippen molar-refractivity contribution in [3.05, 3.63) is 66.1 Å². The van der Waals surface area contributed by atoms with Crippen LogP contribution in [0.3, 0.4) is 0 Å². The maximum absolute atomic E-state index is 13.7. The topological polar surface area (TPSA) is 63.4 Å². The van der Waals surface area contributed by atoms with Crippen LogP contribution in [0.25, 0.3) is 11.5 Å². The Morgan fingerprint density at radius 3 is 2.19 bits per heavy atom. The molecule has 7 heteroatoms. The molecule has 0 aliphatic carbocycles. The summed E-state index contributed by atoms with van der Waals surface area (Å²) in [7, 11) is 0. The molecule has 2 aliphatic heterocycles. The number of piperidine rings is 1. The number of rotatable bonds is 4. The molecule has 4 heterocycles. The lowest BCUT2D eigenvalue weighted by molar-refractivity contribution is -0.135. The second-order valence-electron chi connectivity index (χ2n) is 8.72. The minimum Gasteiger partial charge on any atom is -0.342 e. The standard InChI is InChI=1S/C25H29N5O2/c1-19-22(23(27-13-5-6-14-27)30(26-19)21-9-3-2-4-10-21)25(32)29-17-11-20(12-18-29)24(31)28-15-7-8-16-28/h2-6,9-10,13-14,20H,7-8,11-12,15-18H2,1H3. The highest BCUT2D eigenvalue weighted by Gasteiger charge is 2.34. The zero-order valence-electron chi connectivity index (χ0n) is 18.5. The lowest BCUT2D eigenvalue weighted by atomic mass is 9.95. The predicted molar refractivity (Wildman–Crippen MR) is 122 cm³/mol. The van der Waals surface area contributed by atoms with E-state index < -0.39 is 0 Å². The van der Waals surface area contributed by atoms with Crippen LogP contribution >= 0.6 is 0 Å². The molecule has 2 amide bonds. The van der Waals surface area contributed by atoms with Crippen LogP contribution in [0.5, 0.6) is 0 Å². The zero-order valence-corrected chi connectivity index (χ0v) is 18.5. The second kappa shape index (κ2) is 8.65. The molecule has 0 N–H and O–H groups in total. The Morgan fingerprint density at radius 1 is 0.875 bits per heavy atom. The van der Waals surface area contributed by atoms with Gasteiger partial charge in [-0.25, -0.2) is 4.68 Å². The molecule has 0 spiro atoms. The summed E-state index contributed by atoms with van der Waals surface area (Å²) in [6.45, 7) is 4.86. The number of hydrogen-bond donors (Lipinski definition) is 0. The molecule has 0 unspecified atom stereocenters. The molecule has 166 valence electrons. The third-order valence-electron chi connectivity index (χ3n) is 6.65. The molecule has 7 nitrogen and oxygen atoms in total. The van der Waals surface area contributed by atoms with Crippen molar-refractivity contribution in [2.75, 3.05) is 26.2 Å². The van der Waals surface area contributed by atoms with Gasteiger partial charge >= 0.3 is 0 Å². The van der Waals surface area contributed by atoms with Crippen molar-refractivity contribution in [3.8, 4) is 11.5 Å². The van der Waals surface area contributed by atoms with Crippen LogP contribution in [-0.2, 0) is 4.79 Å². The first kappa shape index (κ1) is 20.5. The Balaban J connectivity index is 1.41. The zero-order chi connectivity index (χ0) is 22.1. The van der Waals surface area contributed by atoms with Gasteiger partial charge in [-0.1, -0.05) is 18.2 Å². The maximum atomic E-state index is 13.7. The van der Waals surface area contributed by atoms with E-state index in [4.69, 9.17) is 5.10 Å². The van der Waals surface area contributed by atoms with Crippen molar-refractivity contribution in [2.45, 2.75) is 32.6 Å². The van der Waals surface area contributed by atoms with Crippen LogP contribution in [0.1, 0.15) is 41.7 Å². The summed E-state index contributed by atoms with van der Waals surface area (Å²) >= 11 is 0. The third-order valence-corrected chi connectivity index (χ3v) is 6.65. The highest BCUT2D eigenvalue weighted by molar-refractivity contribution is 5.99. The van der Waals surface area contributed by atoms with Gasteiger partial charge in [0.05, 0.1) is 11.4 Å². The monoisotopic (exact) mass is 431 g/mol. The summed E-state index contributed by atoms with van der Waals surface area (Å²) in [4.78, 5) is 30.3. The Kier molecular flexibility index (Phi) is 5.55. The Labute approximate surface area is 188 Å². The molecular formula is C25H29N5O2. The fourth-order valence-corrected chi connectivity index (χ4v) is 4.91. The molecule has 0 bridgehead atoms. The molecule has 2 saturated heterocycles. The van der Waals surface area contributed by atoms with Crippen LogP contribution in [0.15, 0.2) is 54.9 Å². The largest absolute Gasteiger partial charge is 0.342 e. The van der Waals surface area contributed by atoms with Crippen LogP contribution in [-0.4, -0.2) is 62.1 Å². The quantitative estimate of drug-likeness (QED) is 0.636. The van der Waals surface area contributed by atoms with Gasteiger partial charge in [0, 0.05) is 44.5 Å². The number of aromatic nitrogens is 3. The molecule has 0 radical (unpaired) electrons. The van der Waals surface area contributed by atoms with Gasteiger partial charge in [-0.05, 0) is 56.9 Å². The molecule has 1 aromatic carbocycles. The summed E-state index contributed by atoms with van der Waals surface area (Å²) in [6, 6.07) is 13.8. The molecule has 32 heavy (non-hydrogen) atoms. The van der Waals surface area contributed by atoms with E-state index in [-0.39, 0.29) is 17.7 Å². The van der Waals surface area contributed by atoms with E-state index in [1.165, 1.54) is 0 Å². The Hall–Kier alpha value is -3.35. The van der Waals surface area contributed by atoms with Gasteiger partial charge in [0.2, 0.25) is 5.91 Å². The average Bonchev–Trinajstić information content (AvgIpc) is 3.60. The number of hydrogen-bond acceptors (Lipinski definition) is 3. The second-order valence-corrected chi connectivity index (χ2v) is 8.72. The van der Waals surface area contributed by atoms with Gasteiger partial charge in [0.25, 0.3) is 5.91 Å². The lowest BCUT2D eigenvalue weighted by Gasteiger charge is -2.33. The number of likely N-dealkylation sites (tertiary alicyclic amines) is 2. The van der Waals surface area contributed by atoms with Crippen LogP contribution in [0.4, 0.5) is 0 Å². The Morgan fingerprint density at radius 2 is 1.53 bits per heavy atom. The van der Waals surface area contributed by atoms with Gasteiger partial charge < -0.3 is 14.4 Å². The van der Waals surface area contributed by atoms with Crippen molar-refractivity contribution in [1.29, 1.82) is 0 Å². The fraction of sp³-hybridized carbons (Fsp3) is 0.400. The molecular weight excluding hydrogens is 402 g/mol. The normalized spacial score (nSPS) is 17.2. The van der Waals surface area contributed by atoms with E-state index in [1.54, 1.807) is 0 Å². The van der Waals surface area contributed by atoms with Gasteiger partial charge in [0.1, 0.15) is 5.56 Å². The number of benzene rings is 1. The van der Waals surface area contributed by atoms with Crippen molar-refractivity contribution < 1.29 is 9.59 Å². The fourth-order valence-electron chi connectivity index (χ4n) is 4.91. The van der Waals surface area contributed by atoms with Gasteiger partial charge in [-0.2, -0.15) is 5.10 Å². The van der Waals surface area contributed by atoms with E-state index in [1.807, 2.05) is 80.8 Å². The maximum Gasteiger partial charge on any atom is 0.259 e. The summed E-state index contributed by atoms with van der Waals surface area (Å²) < 4.78 is 3.79. The number of amides is 2. The average molecular weight is 432 g/mol. The first-order valence-electron chi connectivity index (χ1n) is 11.5. The van der Waals surface area contributed by atoms with E-state index in [0.717, 1.165) is 50.3 Å². The molecule has 0 saturated carbocycles. The van der Waals surface area contributed by atoms with Crippen molar-refractivity contribution in [1.82, 2.24) is 24.1 Å². The summed E-state index contributed by atoms with van der Waals surface area (Å²) in [5, 5.41) is 4.74. The number of aryl methyl sites for hydroxylation is 1.